The van der Waals surface area contributed by atoms with Crippen molar-refractivity contribution in [3.05, 3.63) is 58.7 Å². The zero-order valence-electron chi connectivity index (χ0n) is 19.2. The summed E-state index contributed by atoms with van der Waals surface area (Å²) in [5.41, 5.74) is 1.77. The Labute approximate surface area is 195 Å². The number of aromatic nitrogens is 2. The predicted octanol–water partition coefficient (Wildman–Crippen LogP) is 3.18. The van der Waals surface area contributed by atoms with E-state index < -0.39 is 17.5 Å². The summed E-state index contributed by atoms with van der Waals surface area (Å²) in [6.07, 6.45) is -1.66. The standard InChI is InChI=1S/C24H26F3N5O2/c1-14-21(24(25,26)27)20(33)11-16-10-17(12-30-22(14)16)15(2)31-6-8-32(9-7-31)18-4-5-19(29-13-18)23(34)28-3/h4-5,10,12-13,15H,6-9,11H2,1-3H3,(H,28,34)/t15-/m0/s1. The third kappa shape index (κ3) is 4.54. The second-order valence-corrected chi connectivity index (χ2v) is 8.55. The molecule has 0 radical (unpaired) electrons. The number of pyridine rings is 2. The molecule has 2 aromatic heterocycles. The summed E-state index contributed by atoms with van der Waals surface area (Å²) in [6.45, 7) is 6.41. The fraction of sp³-hybridized carbons (Fsp3) is 0.417. The molecule has 7 nitrogen and oxygen atoms in total. The molecule has 4 rings (SSSR count). The van der Waals surface area contributed by atoms with Crippen LogP contribution in [0.25, 0.3) is 5.57 Å². The molecule has 2 aliphatic rings. The molecule has 1 fully saturated rings. The van der Waals surface area contributed by atoms with Crippen LogP contribution in [-0.2, 0) is 11.2 Å². The molecule has 0 aromatic carbocycles. The fourth-order valence-electron chi connectivity index (χ4n) is 4.60. The number of hydrogen-bond donors (Lipinski definition) is 1. The van der Waals surface area contributed by atoms with Gasteiger partial charge in [0.2, 0.25) is 0 Å². The number of nitrogens with one attached hydrogen (secondary N) is 1. The van der Waals surface area contributed by atoms with E-state index in [1.165, 1.54) is 6.92 Å². The van der Waals surface area contributed by atoms with Crippen LogP contribution >= 0.6 is 0 Å². The lowest BCUT2D eigenvalue weighted by Crippen LogP contribution is -2.47. The minimum absolute atomic E-state index is 0.00268. The van der Waals surface area contributed by atoms with Gasteiger partial charge in [0.1, 0.15) is 11.3 Å². The summed E-state index contributed by atoms with van der Waals surface area (Å²) in [5, 5.41) is 2.55. The molecule has 0 unspecified atom stereocenters. The summed E-state index contributed by atoms with van der Waals surface area (Å²) >= 11 is 0. The molecule has 180 valence electrons. The molecule has 1 aliphatic heterocycles. The van der Waals surface area contributed by atoms with Crippen LogP contribution in [-0.4, -0.2) is 66.0 Å². The van der Waals surface area contributed by atoms with Gasteiger partial charge in [-0.1, -0.05) is 6.07 Å². The molecular weight excluding hydrogens is 447 g/mol. The van der Waals surface area contributed by atoms with Crippen molar-refractivity contribution in [1.82, 2.24) is 20.2 Å². The monoisotopic (exact) mass is 473 g/mol. The van der Waals surface area contributed by atoms with Crippen LogP contribution in [0, 0.1) is 0 Å². The third-order valence-corrected chi connectivity index (χ3v) is 6.55. The van der Waals surface area contributed by atoms with Crippen molar-refractivity contribution < 1.29 is 22.8 Å². The van der Waals surface area contributed by atoms with Gasteiger partial charge >= 0.3 is 6.18 Å². The maximum absolute atomic E-state index is 13.3. The molecule has 1 aliphatic carbocycles. The van der Waals surface area contributed by atoms with Gasteiger partial charge in [0.05, 0.1) is 17.6 Å². The number of halogens is 3. The van der Waals surface area contributed by atoms with E-state index in [1.54, 1.807) is 25.5 Å². The Hall–Kier alpha value is -3.27. The lowest BCUT2D eigenvalue weighted by atomic mass is 9.87. The summed E-state index contributed by atoms with van der Waals surface area (Å²) in [4.78, 5) is 36.9. The molecule has 1 atom stereocenters. The molecule has 0 spiro atoms. The number of carbonyl (C=O) groups is 2. The summed E-state index contributed by atoms with van der Waals surface area (Å²) in [7, 11) is 1.56. The van der Waals surface area contributed by atoms with Crippen molar-refractivity contribution in [2.45, 2.75) is 32.5 Å². The molecule has 1 amide bonds. The van der Waals surface area contributed by atoms with Crippen LogP contribution in [0.5, 0.6) is 0 Å². The van der Waals surface area contributed by atoms with E-state index in [2.05, 4.69) is 25.1 Å². The SMILES string of the molecule is CNC(=O)c1ccc(N2CCN([C@@H](C)c3cnc4c(c3)CC(=O)C(C(F)(F)F)=C4C)CC2)cn1. The number of carbonyl (C=O) groups excluding carboxylic acids is 2. The van der Waals surface area contributed by atoms with Crippen LogP contribution in [0.4, 0.5) is 18.9 Å². The molecule has 0 bridgehead atoms. The number of anilines is 1. The van der Waals surface area contributed by atoms with E-state index in [0.717, 1.165) is 37.4 Å². The Bertz CT molecular complexity index is 1140. The molecule has 10 heteroatoms. The second-order valence-electron chi connectivity index (χ2n) is 8.55. The third-order valence-electron chi connectivity index (χ3n) is 6.55. The van der Waals surface area contributed by atoms with Gasteiger partial charge in [-0.2, -0.15) is 13.2 Å². The number of amides is 1. The number of nitrogens with zero attached hydrogens (tertiary/aromatic N) is 4. The van der Waals surface area contributed by atoms with Gasteiger partial charge in [-0.15, -0.1) is 0 Å². The normalized spacial score (nSPS) is 18.1. The highest BCUT2D eigenvalue weighted by atomic mass is 19.4. The summed E-state index contributed by atoms with van der Waals surface area (Å²) < 4.78 is 39.8. The van der Waals surface area contributed by atoms with Gasteiger partial charge in [-0.3, -0.25) is 19.5 Å². The summed E-state index contributed by atoms with van der Waals surface area (Å²) in [6, 6.07) is 5.39. The first kappa shape index (κ1) is 23.9. The average molecular weight is 473 g/mol. The van der Waals surface area contributed by atoms with Gasteiger partial charge in [-0.05, 0) is 42.7 Å². The lowest BCUT2D eigenvalue weighted by molar-refractivity contribution is -0.128. The van der Waals surface area contributed by atoms with Crippen molar-refractivity contribution >= 4 is 23.0 Å². The number of rotatable bonds is 4. The van der Waals surface area contributed by atoms with E-state index in [1.807, 2.05) is 19.1 Å². The highest BCUT2D eigenvalue weighted by Crippen LogP contribution is 2.38. The maximum atomic E-state index is 13.3. The number of Topliss-reactive ketones (excluding diaryl/α,β-unsaturated/α-hetero) is 1. The average Bonchev–Trinajstić information content (AvgIpc) is 2.82. The summed E-state index contributed by atoms with van der Waals surface area (Å²) in [5.74, 6) is -1.14. The number of hydrogen-bond acceptors (Lipinski definition) is 6. The molecule has 34 heavy (non-hydrogen) atoms. The van der Waals surface area contributed by atoms with Gasteiger partial charge < -0.3 is 10.2 Å². The van der Waals surface area contributed by atoms with Gasteiger partial charge in [0.25, 0.3) is 5.91 Å². The van der Waals surface area contributed by atoms with E-state index in [-0.39, 0.29) is 29.6 Å². The van der Waals surface area contributed by atoms with Crippen molar-refractivity contribution in [1.29, 1.82) is 0 Å². The second kappa shape index (κ2) is 9.17. The van der Waals surface area contributed by atoms with E-state index in [0.29, 0.717) is 11.3 Å². The van der Waals surface area contributed by atoms with Crippen molar-refractivity contribution in [3.8, 4) is 0 Å². The Morgan fingerprint density at radius 3 is 2.41 bits per heavy atom. The lowest BCUT2D eigenvalue weighted by Gasteiger charge is -2.39. The number of fused-ring (bicyclic) bond motifs is 1. The Morgan fingerprint density at radius 2 is 1.82 bits per heavy atom. The molecular formula is C24H26F3N5O2. The van der Waals surface area contributed by atoms with Gasteiger partial charge in [0.15, 0.2) is 5.78 Å². The molecule has 1 N–H and O–H groups in total. The van der Waals surface area contributed by atoms with Crippen molar-refractivity contribution in [3.63, 3.8) is 0 Å². The van der Waals surface area contributed by atoms with Crippen LogP contribution in [0.1, 0.15) is 47.2 Å². The number of piperazine rings is 1. The maximum Gasteiger partial charge on any atom is 0.420 e. The molecule has 3 heterocycles. The topological polar surface area (TPSA) is 78.4 Å². The Morgan fingerprint density at radius 1 is 1.12 bits per heavy atom. The van der Waals surface area contributed by atoms with Crippen LogP contribution in [0.15, 0.2) is 36.2 Å². The number of allylic oxidation sites excluding steroid dienone is 2. The first-order valence-corrected chi connectivity index (χ1v) is 11.1. The number of ketones is 1. The molecule has 1 saturated heterocycles. The van der Waals surface area contributed by atoms with Crippen molar-refractivity contribution in [2.75, 3.05) is 38.1 Å². The van der Waals surface area contributed by atoms with Crippen LogP contribution in [0.2, 0.25) is 0 Å². The van der Waals surface area contributed by atoms with E-state index >= 15 is 0 Å². The number of alkyl halides is 3. The zero-order valence-corrected chi connectivity index (χ0v) is 19.2. The highest BCUT2D eigenvalue weighted by Gasteiger charge is 2.43. The Balaban J connectivity index is 1.45. The zero-order chi connectivity index (χ0) is 24.6. The molecule has 2 aromatic rings. The van der Waals surface area contributed by atoms with E-state index in [9.17, 15) is 22.8 Å². The minimum Gasteiger partial charge on any atom is -0.368 e. The minimum atomic E-state index is -4.68. The quantitative estimate of drug-likeness (QED) is 0.735. The fourth-order valence-corrected chi connectivity index (χ4v) is 4.60. The predicted molar refractivity (Wildman–Crippen MR) is 121 cm³/mol. The highest BCUT2D eigenvalue weighted by molar-refractivity contribution is 6.07. The first-order valence-electron chi connectivity index (χ1n) is 11.1. The van der Waals surface area contributed by atoms with Crippen LogP contribution < -0.4 is 10.2 Å². The van der Waals surface area contributed by atoms with Gasteiger partial charge in [-0.25, -0.2) is 4.98 Å². The van der Waals surface area contributed by atoms with Crippen LogP contribution in [0.3, 0.4) is 0 Å². The first-order chi connectivity index (χ1) is 16.1. The van der Waals surface area contributed by atoms with Gasteiger partial charge in [0, 0.05) is 51.9 Å². The van der Waals surface area contributed by atoms with Crippen molar-refractivity contribution in [2.24, 2.45) is 0 Å². The largest absolute Gasteiger partial charge is 0.420 e. The molecule has 0 saturated carbocycles. The Kier molecular flexibility index (Phi) is 6.44. The van der Waals surface area contributed by atoms with E-state index in [4.69, 9.17) is 0 Å². The smallest absolute Gasteiger partial charge is 0.368 e.